The third-order valence-electron chi connectivity index (χ3n) is 9.98. The van der Waals surface area contributed by atoms with E-state index in [1.807, 2.05) is 0 Å². The number of hydrogen-bond acceptors (Lipinski definition) is 0. The van der Waals surface area contributed by atoms with Gasteiger partial charge in [-0.05, 0) is 116 Å². The fourth-order valence-electron chi connectivity index (χ4n) is 7.49. The standard InChI is InChI=1S/C43H44N2/c1-5-8-15-30(4)40-29-44(41-22-11-9-21-38(40)41)35-18-13-16-32(26-35)33-17-14-19-36(27-33)45-42-23-12-10-20-37(42)39-28-34(24-25-43(39)45)31(6-2)7-3/h5,8-11,13-14,16-22,24-31H,6-7,12,15,23H2,1-4H3/b8-5-. The minimum Gasteiger partial charge on any atom is -0.316 e. The zero-order chi connectivity index (χ0) is 30.9. The molecule has 1 aliphatic carbocycles. The van der Waals surface area contributed by atoms with Crippen molar-refractivity contribution in [2.24, 2.45) is 0 Å². The highest BCUT2D eigenvalue weighted by Gasteiger charge is 2.21. The maximum atomic E-state index is 2.52. The number of nitrogens with zero attached hydrogens (tertiary/aromatic N) is 2. The molecule has 0 saturated heterocycles. The maximum absolute atomic E-state index is 2.52. The Morgan fingerprint density at radius 1 is 0.778 bits per heavy atom. The van der Waals surface area contributed by atoms with Gasteiger partial charge >= 0.3 is 0 Å². The van der Waals surface area contributed by atoms with Crippen LogP contribution < -0.4 is 0 Å². The van der Waals surface area contributed by atoms with Crippen molar-refractivity contribution in [2.45, 2.75) is 71.6 Å². The van der Waals surface area contributed by atoms with Gasteiger partial charge in [-0.15, -0.1) is 0 Å². The number of fused-ring (bicyclic) bond motifs is 4. The van der Waals surface area contributed by atoms with Gasteiger partial charge in [0.1, 0.15) is 0 Å². The van der Waals surface area contributed by atoms with Crippen molar-refractivity contribution in [1.82, 2.24) is 9.13 Å². The number of para-hydroxylation sites is 1. The van der Waals surface area contributed by atoms with Gasteiger partial charge in [-0.3, -0.25) is 0 Å². The molecule has 0 N–H and O–H groups in total. The fraction of sp³-hybridized carbons (Fsp3) is 0.256. The normalized spacial score (nSPS) is 13.8. The highest BCUT2D eigenvalue weighted by atomic mass is 15.0. The van der Waals surface area contributed by atoms with Gasteiger partial charge in [0.25, 0.3) is 0 Å². The van der Waals surface area contributed by atoms with Crippen LogP contribution in [0.4, 0.5) is 0 Å². The van der Waals surface area contributed by atoms with Gasteiger partial charge < -0.3 is 9.13 Å². The monoisotopic (exact) mass is 588 g/mol. The van der Waals surface area contributed by atoms with E-state index in [1.165, 1.54) is 79.5 Å². The summed E-state index contributed by atoms with van der Waals surface area (Å²) in [5, 5.41) is 2.73. The third kappa shape index (κ3) is 5.27. The zero-order valence-corrected chi connectivity index (χ0v) is 27.1. The molecule has 2 nitrogen and oxygen atoms in total. The van der Waals surface area contributed by atoms with E-state index < -0.39 is 0 Å². The third-order valence-corrected chi connectivity index (χ3v) is 9.98. The van der Waals surface area contributed by atoms with E-state index in [1.54, 1.807) is 0 Å². The maximum Gasteiger partial charge on any atom is 0.0537 e. The Kier molecular flexibility index (Phi) is 8.06. The summed E-state index contributed by atoms with van der Waals surface area (Å²) in [5.74, 6) is 1.07. The van der Waals surface area contributed by atoms with Crippen LogP contribution in [0.5, 0.6) is 0 Å². The van der Waals surface area contributed by atoms with Gasteiger partial charge in [0, 0.05) is 39.6 Å². The lowest BCUT2D eigenvalue weighted by molar-refractivity contribution is 0.642. The van der Waals surface area contributed by atoms with Crippen LogP contribution in [0.2, 0.25) is 0 Å². The number of rotatable bonds is 9. The number of allylic oxidation sites excluding steroid dienone is 3. The van der Waals surface area contributed by atoms with Crippen molar-refractivity contribution in [3.63, 3.8) is 0 Å². The van der Waals surface area contributed by atoms with Crippen molar-refractivity contribution in [1.29, 1.82) is 0 Å². The van der Waals surface area contributed by atoms with E-state index >= 15 is 0 Å². The Morgan fingerprint density at radius 3 is 2.31 bits per heavy atom. The average molecular weight is 589 g/mol. The molecule has 1 atom stereocenters. The average Bonchev–Trinajstić information content (AvgIpc) is 3.64. The van der Waals surface area contributed by atoms with Crippen LogP contribution in [0, 0.1) is 0 Å². The lowest BCUT2D eigenvalue weighted by Crippen LogP contribution is -2.03. The summed E-state index contributed by atoms with van der Waals surface area (Å²) in [4.78, 5) is 0. The molecule has 0 bridgehead atoms. The first kappa shape index (κ1) is 29.2. The molecular formula is C43H44N2. The fourth-order valence-corrected chi connectivity index (χ4v) is 7.49. The molecule has 7 rings (SSSR count). The molecule has 226 valence electrons. The molecule has 0 radical (unpaired) electrons. The van der Waals surface area contributed by atoms with E-state index in [0.717, 1.165) is 19.3 Å². The second kappa shape index (κ2) is 12.4. The smallest absolute Gasteiger partial charge is 0.0537 e. The summed E-state index contributed by atoms with van der Waals surface area (Å²) in [6.45, 7) is 9.05. The molecule has 45 heavy (non-hydrogen) atoms. The largest absolute Gasteiger partial charge is 0.316 e. The molecule has 0 saturated carbocycles. The van der Waals surface area contributed by atoms with Crippen molar-refractivity contribution >= 4 is 27.9 Å². The summed E-state index contributed by atoms with van der Waals surface area (Å²) in [6.07, 6.45) is 17.0. The molecule has 0 amide bonds. The Balaban J connectivity index is 1.31. The molecule has 4 aromatic carbocycles. The first-order valence-corrected chi connectivity index (χ1v) is 16.9. The van der Waals surface area contributed by atoms with E-state index in [-0.39, 0.29) is 0 Å². The van der Waals surface area contributed by atoms with E-state index in [4.69, 9.17) is 0 Å². The zero-order valence-electron chi connectivity index (χ0n) is 27.1. The van der Waals surface area contributed by atoms with E-state index in [9.17, 15) is 0 Å². The molecule has 6 aromatic rings. The molecular weight excluding hydrogens is 544 g/mol. The summed E-state index contributed by atoms with van der Waals surface area (Å²) in [7, 11) is 0. The quantitative estimate of drug-likeness (QED) is 0.149. The lowest BCUT2D eigenvalue weighted by Gasteiger charge is -2.15. The second-order valence-corrected chi connectivity index (χ2v) is 12.7. The van der Waals surface area contributed by atoms with Crippen molar-refractivity contribution in [3.8, 4) is 22.5 Å². The van der Waals surface area contributed by atoms with Gasteiger partial charge in [0.15, 0.2) is 0 Å². The van der Waals surface area contributed by atoms with Crippen molar-refractivity contribution < 1.29 is 0 Å². The molecule has 0 aliphatic heterocycles. The Hall–Kier alpha value is -4.56. The van der Waals surface area contributed by atoms with Crippen molar-refractivity contribution in [3.05, 3.63) is 138 Å². The van der Waals surface area contributed by atoms with E-state index in [0.29, 0.717) is 11.8 Å². The predicted octanol–water partition coefficient (Wildman–Crippen LogP) is 12.2. The van der Waals surface area contributed by atoms with Gasteiger partial charge in [-0.25, -0.2) is 0 Å². The van der Waals surface area contributed by atoms with Crippen LogP contribution in [0.25, 0.3) is 50.4 Å². The summed E-state index contributed by atoms with van der Waals surface area (Å²) >= 11 is 0. The summed E-state index contributed by atoms with van der Waals surface area (Å²) in [6, 6.07) is 34.2. The number of aromatic nitrogens is 2. The minimum absolute atomic E-state index is 0.454. The summed E-state index contributed by atoms with van der Waals surface area (Å²) in [5.41, 5.74) is 13.2. The highest BCUT2D eigenvalue weighted by Crippen LogP contribution is 2.38. The van der Waals surface area contributed by atoms with Crippen LogP contribution in [-0.4, -0.2) is 9.13 Å². The molecule has 0 spiro atoms. The van der Waals surface area contributed by atoms with Crippen molar-refractivity contribution in [2.75, 3.05) is 0 Å². The Morgan fingerprint density at radius 2 is 1.53 bits per heavy atom. The molecule has 2 heterocycles. The van der Waals surface area contributed by atoms with Crippen LogP contribution in [0.3, 0.4) is 0 Å². The Bertz CT molecular complexity index is 2040. The van der Waals surface area contributed by atoms with Crippen LogP contribution in [0.1, 0.15) is 87.6 Å². The van der Waals surface area contributed by atoms with Gasteiger partial charge in [-0.1, -0.05) is 93.6 Å². The summed E-state index contributed by atoms with van der Waals surface area (Å²) < 4.78 is 4.90. The van der Waals surface area contributed by atoms with Crippen LogP contribution >= 0.6 is 0 Å². The van der Waals surface area contributed by atoms with Crippen LogP contribution in [-0.2, 0) is 6.42 Å². The lowest BCUT2D eigenvalue weighted by atomic mass is 9.92. The Labute approximate surface area is 268 Å². The van der Waals surface area contributed by atoms with Gasteiger partial charge in [0.2, 0.25) is 0 Å². The number of hydrogen-bond donors (Lipinski definition) is 0. The van der Waals surface area contributed by atoms with E-state index in [2.05, 4.69) is 158 Å². The minimum atomic E-state index is 0.454. The predicted molar refractivity (Wildman–Crippen MR) is 194 cm³/mol. The SMILES string of the molecule is C/C=C\CC(C)c1cn(-c2cccc(-c3cccc(-n4c5c(c6cc(C(CC)CC)ccc64)C=CCC5)c3)c2)c2ccccc12. The highest BCUT2D eigenvalue weighted by molar-refractivity contribution is 5.94. The molecule has 1 unspecified atom stereocenters. The molecule has 0 fully saturated rings. The van der Waals surface area contributed by atoms with Gasteiger partial charge in [-0.2, -0.15) is 0 Å². The number of benzene rings is 4. The van der Waals surface area contributed by atoms with Crippen LogP contribution in [0.15, 0.2) is 115 Å². The second-order valence-electron chi connectivity index (χ2n) is 12.7. The molecule has 1 aliphatic rings. The topological polar surface area (TPSA) is 9.86 Å². The first-order chi connectivity index (χ1) is 22.1. The van der Waals surface area contributed by atoms with Gasteiger partial charge in [0.05, 0.1) is 11.0 Å². The first-order valence-electron chi connectivity index (χ1n) is 16.9. The molecule has 2 heteroatoms. The molecule has 2 aromatic heterocycles.